The van der Waals surface area contributed by atoms with Crippen molar-refractivity contribution in [1.29, 1.82) is 0 Å². The van der Waals surface area contributed by atoms with Gasteiger partial charge in [-0.3, -0.25) is 4.90 Å². The number of nitrogens with zero attached hydrogens (tertiary/aromatic N) is 2. The van der Waals surface area contributed by atoms with Gasteiger partial charge in [0.15, 0.2) is 0 Å². The second kappa shape index (κ2) is 10.3. The number of aliphatic hydroxyl groups excluding tert-OH is 1. The second-order valence-corrected chi connectivity index (χ2v) is 7.81. The Morgan fingerprint density at radius 2 is 1.45 bits per heavy atom. The predicted octanol–water partition coefficient (Wildman–Crippen LogP) is 3.92. The van der Waals surface area contributed by atoms with Gasteiger partial charge in [0.1, 0.15) is 24.2 Å². The molecule has 0 radical (unpaired) electrons. The van der Waals surface area contributed by atoms with Gasteiger partial charge in [0.2, 0.25) is 0 Å². The maximum absolute atomic E-state index is 10.5. The minimum absolute atomic E-state index is 0.289. The van der Waals surface area contributed by atoms with Gasteiger partial charge in [0, 0.05) is 32.7 Å². The number of hydrogen-bond donors (Lipinski definition) is 1. The van der Waals surface area contributed by atoms with E-state index in [2.05, 4.69) is 28.0 Å². The summed E-state index contributed by atoms with van der Waals surface area (Å²) in [7, 11) is 1.71. The van der Waals surface area contributed by atoms with Crippen molar-refractivity contribution in [3.63, 3.8) is 0 Å². The molecule has 1 aliphatic heterocycles. The number of rotatable bonds is 8. The molecule has 3 aromatic rings. The smallest absolute Gasteiger partial charge is 0.142 e. The Kier molecular flexibility index (Phi) is 7.07. The molecule has 0 spiro atoms. The fourth-order valence-corrected chi connectivity index (χ4v) is 3.98. The third-order valence-corrected chi connectivity index (χ3v) is 5.67. The molecule has 0 amide bonds. The summed E-state index contributed by atoms with van der Waals surface area (Å²) in [6.07, 6.45) is -0.522. The molecule has 0 aromatic heterocycles. The van der Waals surface area contributed by atoms with Crippen LogP contribution in [0.1, 0.15) is 0 Å². The lowest BCUT2D eigenvalue weighted by Crippen LogP contribution is -2.49. The van der Waals surface area contributed by atoms with Crippen molar-refractivity contribution in [1.82, 2.24) is 4.90 Å². The Morgan fingerprint density at radius 3 is 2.16 bits per heavy atom. The number of ether oxygens (including phenoxy) is 2. The largest absolute Gasteiger partial charge is 0.495 e. The molecule has 1 fully saturated rings. The van der Waals surface area contributed by atoms with Gasteiger partial charge >= 0.3 is 0 Å². The number of piperazine rings is 1. The van der Waals surface area contributed by atoms with Gasteiger partial charge in [-0.1, -0.05) is 54.6 Å². The van der Waals surface area contributed by atoms with E-state index in [9.17, 15) is 5.11 Å². The van der Waals surface area contributed by atoms with Crippen LogP contribution in [0.3, 0.4) is 0 Å². The SMILES string of the molecule is COc1ccccc1N1CCN(C[C@@H](O)COc2ccc(-c3ccccc3)cc2)CC1. The normalized spacial score (nSPS) is 15.5. The van der Waals surface area contributed by atoms with Crippen molar-refractivity contribution in [3.05, 3.63) is 78.9 Å². The van der Waals surface area contributed by atoms with Crippen molar-refractivity contribution < 1.29 is 14.6 Å². The lowest BCUT2D eigenvalue weighted by molar-refractivity contribution is 0.0663. The quantitative estimate of drug-likeness (QED) is 0.601. The first-order chi connectivity index (χ1) is 15.2. The van der Waals surface area contributed by atoms with Crippen molar-refractivity contribution in [2.24, 2.45) is 0 Å². The molecule has 5 nitrogen and oxygen atoms in total. The van der Waals surface area contributed by atoms with E-state index in [0.29, 0.717) is 6.54 Å². The van der Waals surface area contributed by atoms with E-state index >= 15 is 0 Å². The fraction of sp³-hybridized carbons (Fsp3) is 0.308. The van der Waals surface area contributed by atoms with E-state index in [1.807, 2.05) is 60.7 Å². The molecule has 0 aliphatic carbocycles. The summed E-state index contributed by atoms with van der Waals surface area (Å²) in [5, 5.41) is 10.5. The van der Waals surface area contributed by atoms with Crippen LogP contribution in [0.5, 0.6) is 11.5 Å². The van der Waals surface area contributed by atoms with Crippen LogP contribution in [0.2, 0.25) is 0 Å². The van der Waals surface area contributed by atoms with Gasteiger partial charge in [-0.15, -0.1) is 0 Å². The van der Waals surface area contributed by atoms with Crippen molar-refractivity contribution in [2.75, 3.05) is 51.3 Å². The minimum atomic E-state index is -0.522. The Hall–Kier alpha value is -3.02. The van der Waals surface area contributed by atoms with Crippen LogP contribution in [-0.2, 0) is 0 Å². The molecular weight excluding hydrogens is 388 g/mol. The van der Waals surface area contributed by atoms with Crippen LogP contribution >= 0.6 is 0 Å². The van der Waals surface area contributed by atoms with E-state index in [-0.39, 0.29) is 6.61 Å². The molecule has 0 saturated carbocycles. The molecule has 4 rings (SSSR count). The number of methoxy groups -OCH3 is 1. The summed E-state index contributed by atoms with van der Waals surface area (Å²) in [6.45, 7) is 4.53. The van der Waals surface area contributed by atoms with Gasteiger partial charge in [-0.05, 0) is 35.4 Å². The van der Waals surface area contributed by atoms with Gasteiger partial charge in [0.05, 0.1) is 12.8 Å². The number of anilines is 1. The first-order valence-electron chi connectivity index (χ1n) is 10.8. The molecule has 1 saturated heterocycles. The lowest BCUT2D eigenvalue weighted by atomic mass is 10.1. The summed E-state index contributed by atoms with van der Waals surface area (Å²) in [6, 6.07) is 26.4. The van der Waals surface area contributed by atoms with Gasteiger partial charge in [-0.2, -0.15) is 0 Å². The van der Waals surface area contributed by atoms with Crippen molar-refractivity contribution in [2.45, 2.75) is 6.10 Å². The predicted molar refractivity (Wildman–Crippen MR) is 125 cm³/mol. The zero-order valence-electron chi connectivity index (χ0n) is 18.0. The van der Waals surface area contributed by atoms with Crippen LogP contribution in [0.25, 0.3) is 11.1 Å². The molecule has 5 heteroatoms. The number of β-amino-alcohol motifs (C(OH)–C–C–N with tert-alkyl or cyclic N) is 1. The third kappa shape index (κ3) is 5.57. The number of para-hydroxylation sites is 2. The molecule has 1 atom stereocenters. The van der Waals surface area contributed by atoms with Crippen LogP contribution in [-0.4, -0.2) is 62.6 Å². The van der Waals surface area contributed by atoms with Gasteiger partial charge < -0.3 is 19.5 Å². The summed E-state index contributed by atoms with van der Waals surface area (Å²) >= 11 is 0. The Balaban J connectivity index is 1.22. The second-order valence-electron chi connectivity index (χ2n) is 7.81. The third-order valence-electron chi connectivity index (χ3n) is 5.67. The standard InChI is InChI=1S/C26H30N2O3/c1-30-26-10-6-5-9-25(26)28-17-15-27(16-18-28)19-23(29)20-31-24-13-11-22(12-14-24)21-7-3-2-4-8-21/h2-14,23,29H,15-20H2,1H3/t23-/m1/s1. The van der Waals surface area contributed by atoms with Crippen LogP contribution < -0.4 is 14.4 Å². The van der Waals surface area contributed by atoms with Crippen LogP contribution in [0.15, 0.2) is 78.9 Å². The van der Waals surface area contributed by atoms with E-state index in [1.54, 1.807) is 7.11 Å². The Bertz CT molecular complexity index is 938. The van der Waals surface area contributed by atoms with Crippen molar-refractivity contribution >= 4 is 5.69 Å². The zero-order chi connectivity index (χ0) is 21.5. The zero-order valence-corrected chi connectivity index (χ0v) is 18.0. The summed E-state index contributed by atoms with van der Waals surface area (Å²) in [5.74, 6) is 1.68. The molecule has 3 aromatic carbocycles. The van der Waals surface area contributed by atoms with E-state index in [1.165, 1.54) is 5.56 Å². The summed E-state index contributed by atoms with van der Waals surface area (Å²) < 4.78 is 11.3. The number of benzene rings is 3. The highest BCUT2D eigenvalue weighted by Gasteiger charge is 2.21. The fourth-order valence-electron chi connectivity index (χ4n) is 3.98. The molecule has 0 bridgehead atoms. The number of aliphatic hydroxyl groups is 1. The van der Waals surface area contributed by atoms with E-state index in [4.69, 9.17) is 9.47 Å². The maximum Gasteiger partial charge on any atom is 0.142 e. The first-order valence-corrected chi connectivity index (χ1v) is 10.8. The molecular formula is C26H30N2O3. The lowest BCUT2D eigenvalue weighted by Gasteiger charge is -2.37. The van der Waals surface area contributed by atoms with Gasteiger partial charge in [-0.25, -0.2) is 0 Å². The number of hydrogen-bond acceptors (Lipinski definition) is 5. The highest BCUT2D eigenvalue weighted by atomic mass is 16.5. The molecule has 162 valence electrons. The summed E-state index contributed by atoms with van der Waals surface area (Å²) in [5.41, 5.74) is 3.47. The van der Waals surface area contributed by atoms with E-state index < -0.39 is 6.10 Å². The highest BCUT2D eigenvalue weighted by Crippen LogP contribution is 2.28. The average molecular weight is 419 g/mol. The van der Waals surface area contributed by atoms with Gasteiger partial charge in [0.25, 0.3) is 0 Å². The van der Waals surface area contributed by atoms with Crippen LogP contribution in [0, 0.1) is 0 Å². The minimum Gasteiger partial charge on any atom is -0.495 e. The molecule has 31 heavy (non-hydrogen) atoms. The van der Waals surface area contributed by atoms with Crippen molar-refractivity contribution in [3.8, 4) is 22.6 Å². The topological polar surface area (TPSA) is 45.2 Å². The molecule has 0 unspecified atom stereocenters. The molecule has 1 aliphatic rings. The Morgan fingerprint density at radius 1 is 0.806 bits per heavy atom. The van der Waals surface area contributed by atoms with E-state index in [0.717, 1.165) is 48.9 Å². The molecule has 1 N–H and O–H groups in total. The maximum atomic E-state index is 10.5. The first kappa shape index (κ1) is 21.2. The highest BCUT2D eigenvalue weighted by molar-refractivity contribution is 5.64. The average Bonchev–Trinajstić information content (AvgIpc) is 2.84. The summed E-state index contributed by atoms with van der Waals surface area (Å²) in [4.78, 5) is 4.63. The van der Waals surface area contributed by atoms with Crippen LogP contribution in [0.4, 0.5) is 5.69 Å². The molecule has 1 heterocycles. The Labute approximate surface area is 184 Å². The monoisotopic (exact) mass is 418 g/mol.